The molecule has 1 saturated carbocycles. The summed E-state index contributed by atoms with van der Waals surface area (Å²) in [5.74, 6) is 0.0227. The Morgan fingerprint density at radius 1 is 1.25 bits per heavy atom. The smallest absolute Gasteiger partial charge is 0.192 e. The minimum atomic E-state index is -0.314. The van der Waals surface area contributed by atoms with Crippen LogP contribution in [0.2, 0.25) is 0 Å². The number of rotatable bonds is 2. The Hall–Kier alpha value is -1.88. The van der Waals surface area contributed by atoms with E-state index in [1.807, 2.05) is 24.9 Å². The number of hydrogen-bond donors (Lipinski definition) is 1. The molecule has 2 aromatic rings. The van der Waals surface area contributed by atoms with Crippen molar-refractivity contribution in [1.29, 1.82) is 0 Å². The van der Waals surface area contributed by atoms with Gasteiger partial charge in [0.15, 0.2) is 5.43 Å². The zero-order valence-electron chi connectivity index (χ0n) is 14.5. The fourth-order valence-corrected chi connectivity index (χ4v) is 4.01. The molecular formula is C19H24FN3O. The van der Waals surface area contributed by atoms with Crippen LogP contribution in [0, 0.1) is 25.6 Å². The number of benzene rings is 1. The van der Waals surface area contributed by atoms with Crippen LogP contribution in [0.5, 0.6) is 0 Å². The van der Waals surface area contributed by atoms with Crippen LogP contribution in [0.15, 0.2) is 17.1 Å². The van der Waals surface area contributed by atoms with Gasteiger partial charge in [-0.25, -0.2) is 4.39 Å². The lowest BCUT2D eigenvalue weighted by atomic mass is 10.0. The van der Waals surface area contributed by atoms with Gasteiger partial charge in [-0.2, -0.15) is 0 Å². The summed E-state index contributed by atoms with van der Waals surface area (Å²) in [6, 6.07) is 1.92. The van der Waals surface area contributed by atoms with E-state index in [1.54, 1.807) is 0 Å². The molecule has 2 fully saturated rings. The fraction of sp³-hybridized carbons (Fsp3) is 0.526. The first kappa shape index (κ1) is 15.6. The summed E-state index contributed by atoms with van der Waals surface area (Å²) in [6.45, 7) is 7.25. The lowest BCUT2D eigenvalue weighted by Gasteiger charge is -2.24. The van der Waals surface area contributed by atoms with Gasteiger partial charge in [0.25, 0.3) is 0 Å². The third kappa shape index (κ3) is 2.25. The standard InChI is InChI=1S/C19H24FN3O/c1-10-7-22(9-16(10)21)18-12(3)17-14(6-15(18)20)19(24)11(2)8-23(17)13-4-5-13/h6,8,10,13,16H,4-5,7,9,21H2,1-3H3. The summed E-state index contributed by atoms with van der Waals surface area (Å²) in [5.41, 5.74) is 9.10. The number of aromatic nitrogens is 1. The van der Waals surface area contributed by atoms with Gasteiger partial charge in [-0.1, -0.05) is 6.92 Å². The Morgan fingerprint density at radius 3 is 2.54 bits per heavy atom. The number of aryl methyl sites for hydroxylation is 2. The number of hydrogen-bond acceptors (Lipinski definition) is 3. The van der Waals surface area contributed by atoms with Crippen LogP contribution in [0.4, 0.5) is 10.1 Å². The number of fused-ring (bicyclic) bond motifs is 1. The molecule has 0 bridgehead atoms. The van der Waals surface area contributed by atoms with Crippen molar-refractivity contribution >= 4 is 16.6 Å². The van der Waals surface area contributed by atoms with Crippen molar-refractivity contribution in [2.24, 2.45) is 11.7 Å². The van der Waals surface area contributed by atoms with Gasteiger partial charge >= 0.3 is 0 Å². The van der Waals surface area contributed by atoms with Crippen molar-refractivity contribution in [1.82, 2.24) is 4.57 Å². The molecule has 0 spiro atoms. The highest BCUT2D eigenvalue weighted by atomic mass is 19.1. The summed E-state index contributed by atoms with van der Waals surface area (Å²) < 4.78 is 17.1. The van der Waals surface area contributed by atoms with Crippen LogP contribution >= 0.6 is 0 Å². The molecule has 1 aliphatic heterocycles. The fourth-order valence-electron chi connectivity index (χ4n) is 4.01. The SMILES string of the molecule is Cc1cn(C2CC2)c2c(C)c(N3CC(C)C(N)C3)c(F)cc2c1=O. The molecule has 1 aliphatic carbocycles. The molecule has 2 unspecified atom stereocenters. The lowest BCUT2D eigenvalue weighted by molar-refractivity contribution is 0.565. The zero-order chi connectivity index (χ0) is 17.2. The van der Waals surface area contributed by atoms with Gasteiger partial charge in [-0.05, 0) is 44.2 Å². The third-order valence-corrected chi connectivity index (χ3v) is 5.58. The molecule has 4 rings (SSSR count). The predicted octanol–water partition coefficient (Wildman–Crippen LogP) is 2.88. The lowest BCUT2D eigenvalue weighted by Crippen LogP contribution is -2.29. The van der Waals surface area contributed by atoms with Gasteiger partial charge in [0, 0.05) is 42.3 Å². The minimum absolute atomic E-state index is 0.0585. The van der Waals surface area contributed by atoms with Crippen LogP contribution in [-0.4, -0.2) is 23.7 Å². The van der Waals surface area contributed by atoms with E-state index < -0.39 is 0 Å². The van der Waals surface area contributed by atoms with Gasteiger partial charge < -0.3 is 15.2 Å². The molecule has 2 aliphatic rings. The first-order chi connectivity index (χ1) is 11.4. The summed E-state index contributed by atoms with van der Waals surface area (Å²) in [6.07, 6.45) is 4.18. The maximum atomic E-state index is 14.9. The Balaban J connectivity index is 1.98. The largest absolute Gasteiger partial charge is 0.367 e. The van der Waals surface area contributed by atoms with Crippen LogP contribution in [0.1, 0.15) is 36.9 Å². The molecule has 0 amide bonds. The highest BCUT2D eigenvalue weighted by Gasteiger charge is 2.32. The molecule has 0 radical (unpaired) electrons. The summed E-state index contributed by atoms with van der Waals surface area (Å²) >= 11 is 0. The second-order valence-electron chi connectivity index (χ2n) is 7.55. The van der Waals surface area contributed by atoms with Gasteiger partial charge in [-0.3, -0.25) is 4.79 Å². The normalized spacial score (nSPS) is 24.1. The second-order valence-corrected chi connectivity index (χ2v) is 7.55. The van der Waals surface area contributed by atoms with Crippen molar-refractivity contribution in [3.05, 3.63) is 39.4 Å². The maximum absolute atomic E-state index is 14.9. The molecule has 5 heteroatoms. The van der Waals surface area contributed by atoms with Gasteiger partial charge in [0.2, 0.25) is 0 Å². The second kappa shape index (κ2) is 5.31. The summed E-state index contributed by atoms with van der Waals surface area (Å²) in [7, 11) is 0. The van der Waals surface area contributed by atoms with Crippen molar-refractivity contribution in [3.63, 3.8) is 0 Å². The number of pyridine rings is 1. The van der Waals surface area contributed by atoms with Crippen molar-refractivity contribution in [2.75, 3.05) is 18.0 Å². The molecule has 128 valence electrons. The van der Waals surface area contributed by atoms with E-state index in [-0.39, 0.29) is 17.3 Å². The Labute approximate surface area is 141 Å². The predicted molar refractivity (Wildman–Crippen MR) is 95.3 cm³/mol. The highest BCUT2D eigenvalue weighted by Crippen LogP contribution is 2.40. The zero-order valence-corrected chi connectivity index (χ0v) is 14.5. The van der Waals surface area contributed by atoms with Crippen molar-refractivity contribution in [2.45, 2.75) is 45.7 Å². The first-order valence-corrected chi connectivity index (χ1v) is 8.73. The molecule has 2 heterocycles. The average molecular weight is 329 g/mol. The quantitative estimate of drug-likeness (QED) is 0.922. The van der Waals surface area contributed by atoms with Crippen LogP contribution in [-0.2, 0) is 0 Å². The average Bonchev–Trinajstić information content (AvgIpc) is 3.30. The molecule has 1 aromatic heterocycles. The molecular weight excluding hydrogens is 305 g/mol. The Kier molecular flexibility index (Phi) is 3.46. The summed E-state index contributed by atoms with van der Waals surface area (Å²) in [5, 5.41) is 0.497. The van der Waals surface area contributed by atoms with E-state index in [4.69, 9.17) is 5.73 Å². The van der Waals surface area contributed by atoms with Crippen molar-refractivity contribution in [3.8, 4) is 0 Å². The van der Waals surface area contributed by atoms with E-state index in [2.05, 4.69) is 11.5 Å². The molecule has 24 heavy (non-hydrogen) atoms. The number of nitrogens with two attached hydrogens (primary N) is 1. The van der Waals surface area contributed by atoms with Crippen LogP contribution < -0.4 is 16.1 Å². The van der Waals surface area contributed by atoms with Gasteiger partial charge in [-0.15, -0.1) is 0 Å². The maximum Gasteiger partial charge on any atom is 0.192 e. The number of halogens is 1. The topological polar surface area (TPSA) is 51.3 Å². The van der Waals surface area contributed by atoms with E-state index >= 15 is 0 Å². The van der Waals surface area contributed by atoms with E-state index in [0.29, 0.717) is 35.1 Å². The van der Waals surface area contributed by atoms with Gasteiger partial charge in [0.1, 0.15) is 5.82 Å². The molecule has 4 nitrogen and oxygen atoms in total. The number of nitrogens with zero attached hydrogens (tertiary/aromatic N) is 2. The third-order valence-electron chi connectivity index (χ3n) is 5.58. The van der Waals surface area contributed by atoms with E-state index in [9.17, 15) is 9.18 Å². The molecule has 2 atom stereocenters. The van der Waals surface area contributed by atoms with Crippen molar-refractivity contribution < 1.29 is 4.39 Å². The van der Waals surface area contributed by atoms with Crippen LogP contribution in [0.25, 0.3) is 10.9 Å². The number of anilines is 1. The summed E-state index contributed by atoms with van der Waals surface area (Å²) in [4.78, 5) is 14.6. The van der Waals surface area contributed by atoms with Crippen LogP contribution in [0.3, 0.4) is 0 Å². The monoisotopic (exact) mass is 329 g/mol. The molecule has 1 aromatic carbocycles. The first-order valence-electron chi connectivity index (χ1n) is 8.73. The minimum Gasteiger partial charge on any atom is -0.367 e. The highest BCUT2D eigenvalue weighted by molar-refractivity contribution is 5.88. The Bertz CT molecular complexity index is 875. The molecule has 2 N–H and O–H groups in total. The van der Waals surface area contributed by atoms with E-state index in [1.165, 1.54) is 6.07 Å². The Morgan fingerprint density at radius 2 is 1.96 bits per heavy atom. The van der Waals surface area contributed by atoms with Gasteiger partial charge in [0.05, 0.1) is 11.2 Å². The molecule has 1 saturated heterocycles. The van der Waals surface area contributed by atoms with E-state index in [0.717, 1.165) is 30.5 Å².